The Morgan fingerprint density at radius 3 is 0.943 bits per heavy atom. The molecule has 0 aromatic rings. The number of ether oxygens (including phenoxy) is 3. The van der Waals surface area contributed by atoms with Crippen LogP contribution in [0.5, 0.6) is 0 Å². The number of carbonyl (C=O) groups is 3. The molecule has 0 aliphatic rings. The van der Waals surface area contributed by atoms with Gasteiger partial charge in [0.1, 0.15) is 13.2 Å². The highest BCUT2D eigenvalue weighted by atomic mass is 16.6. The number of rotatable bonds is 47. The van der Waals surface area contributed by atoms with E-state index in [0.29, 0.717) is 19.3 Å². The predicted octanol–water partition coefficient (Wildman–Crippen LogP) is 18.6. The van der Waals surface area contributed by atoms with E-state index in [-0.39, 0.29) is 38.0 Å². The third-order valence-corrected chi connectivity index (χ3v) is 10.7. The van der Waals surface area contributed by atoms with Crippen LogP contribution in [0.15, 0.2) is 158 Å². The van der Waals surface area contributed by atoms with Crippen LogP contribution in [0.1, 0.15) is 207 Å². The molecule has 6 heteroatoms. The molecule has 0 saturated carbocycles. The van der Waals surface area contributed by atoms with Crippen LogP contribution in [-0.2, 0) is 28.6 Å². The van der Waals surface area contributed by atoms with Gasteiger partial charge in [-0.05, 0) is 135 Å². The molecule has 0 aromatic heterocycles. The number of hydrogen-bond donors (Lipinski definition) is 0. The number of hydrogen-bond acceptors (Lipinski definition) is 6. The first-order valence-electron chi connectivity index (χ1n) is 27.5. The molecule has 1 unspecified atom stereocenters. The van der Waals surface area contributed by atoms with Gasteiger partial charge in [-0.1, -0.05) is 211 Å². The standard InChI is InChI=1S/C64H98O6/c1-4-7-10-13-16-19-22-25-27-29-30-31-32-33-34-36-37-39-42-45-48-51-54-57-63(66)69-60-61(59-68-62(65)56-53-50-47-44-41-24-21-18-15-12-9-6-3)70-64(67)58-55-52-49-46-43-40-38-35-28-26-23-20-17-14-11-8-5-2/h7-8,10-11,16-21,25-28,30-31,33-34,37-40,45-46,48-49,61H,4-6,9,12-15,22-24,29,32,35-36,41-44,47,50-60H2,1-3H3/b10-7-,11-8-,19-16-,20-17-,21-18-,27-25-,28-26-,31-30-,34-33-,39-37-,40-38-,48-45-,49-46-. The summed E-state index contributed by atoms with van der Waals surface area (Å²) in [5, 5.41) is 0. The van der Waals surface area contributed by atoms with Crippen molar-refractivity contribution in [1.29, 1.82) is 0 Å². The molecule has 0 N–H and O–H groups in total. The van der Waals surface area contributed by atoms with Crippen LogP contribution in [0.3, 0.4) is 0 Å². The van der Waals surface area contributed by atoms with E-state index in [9.17, 15) is 14.4 Å². The maximum absolute atomic E-state index is 12.8. The summed E-state index contributed by atoms with van der Waals surface area (Å²) in [4.78, 5) is 38.0. The first-order valence-corrected chi connectivity index (χ1v) is 27.5. The van der Waals surface area contributed by atoms with Gasteiger partial charge in [0.2, 0.25) is 0 Å². The third-order valence-electron chi connectivity index (χ3n) is 10.7. The van der Waals surface area contributed by atoms with Gasteiger partial charge in [-0.2, -0.15) is 0 Å². The molecule has 390 valence electrons. The number of unbranched alkanes of at least 4 members (excludes halogenated alkanes) is 10. The second-order valence-electron chi connectivity index (χ2n) is 17.4. The van der Waals surface area contributed by atoms with Gasteiger partial charge in [0.25, 0.3) is 0 Å². The highest BCUT2D eigenvalue weighted by Gasteiger charge is 2.19. The van der Waals surface area contributed by atoms with Crippen molar-refractivity contribution in [1.82, 2.24) is 0 Å². The number of allylic oxidation sites excluding steroid dienone is 26. The summed E-state index contributed by atoms with van der Waals surface area (Å²) in [6.45, 7) is 6.26. The summed E-state index contributed by atoms with van der Waals surface area (Å²) >= 11 is 0. The Hall–Kier alpha value is -4.97. The quantitative estimate of drug-likeness (QED) is 0.0262. The Labute approximate surface area is 429 Å². The van der Waals surface area contributed by atoms with Crippen LogP contribution in [0, 0.1) is 0 Å². The average Bonchev–Trinajstić information content (AvgIpc) is 3.36. The van der Waals surface area contributed by atoms with E-state index in [4.69, 9.17) is 14.2 Å². The van der Waals surface area contributed by atoms with E-state index < -0.39 is 12.1 Å². The molecular formula is C64H98O6. The minimum atomic E-state index is -0.842. The minimum absolute atomic E-state index is 0.130. The lowest BCUT2D eigenvalue weighted by Crippen LogP contribution is -2.30. The lowest BCUT2D eigenvalue weighted by Gasteiger charge is -2.18. The smallest absolute Gasteiger partial charge is 0.306 e. The van der Waals surface area contributed by atoms with E-state index in [1.54, 1.807) is 0 Å². The van der Waals surface area contributed by atoms with Gasteiger partial charge in [-0.15, -0.1) is 0 Å². The lowest BCUT2D eigenvalue weighted by molar-refractivity contribution is -0.167. The molecule has 1 atom stereocenters. The van der Waals surface area contributed by atoms with E-state index in [0.717, 1.165) is 122 Å². The Bertz CT molecular complexity index is 1620. The van der Waals surface area contributed by atoms with Crippen molar-refractivity contribution in [3.05, 3.63) is 158 Å². The van der Waals surface area contributed by atoms with Crippen molar-refractivity contribution in [3.63, 3.8) is 0 Å². The minimum Gasteiger partial charge on any atom is -0.462 e. The van der Waals surface area contributed by atoms with Crippen LogP contribution in [-0.4, -0.2) is 37.2 Å². The van der Waals surface area contributed by atoms with Crippen molar-refractivity contribution in [2.45, 2.75) is 213 Å². The van der Waals surface area contributed by atoms with Crippen molar-refractivity contribution in [2.24, 2.45) is 0 Å². The maximum atomic E-state index is 12.8. The summed E-state index contributed by atoms with van der Waals surface area (Å²) in [5.74, 6) is -1.07. The molecule has 0 rings (SSSR count). The summed E-state index contributed by atoms with van der Waals surface area (Å²) in [6.07, 6.45) is 82.4. The lowest BCUT2D eigenvalue weighted by atomic mass is 10.1. The van der Waals surface area contributed by atoms with Crippen LogP contribution in [0.25, 0.3) is 0 Å². The molecule has 0 aliphatic heterocycles. The van der Waals surface area contributed by atoms with Crippen molar-refractivity contribution in [3.8, 4) is 0 Å². The first-order chi connectivity index (χ1) is 34.5. The zero-order valence-electron chi connectivity index (χ0n) is 44.5. The van der Waals surface area contributed by atoms with E-state index >= 15 is 0 Å². The summed E-state index contributed by atoms with van der Waals surface area (Å²) in [6, 6.07) is 0. The number of carbonyl (C=O) groups excluding carboxylic acids is 3. The van der Waals surface area contributed by atoms with Gasteiger partial charge in [0, 0.05) is 19.3 Å². The SMILES string of the molecule is CC/C=C\C/C=C\C/C=C\C/C=C\C/C=C\C/C=C\C/C=C\CCCC(=O)OCC(COC(=O)CCCCCCC/C=C\CCCCC)OC(=O)CCC/C=C\C/C=C\C/C=C\C/C=C\C/C=C\CC. The van der Waals surface area contributed by atoms with Crippen LogP contribution >= 0.6 is 0 Å². The Morgan fingerprint density at radius 2 is 0.571 bits per heavy atom. The first kappa shape index (κ1) is 65.0. The fourth-order valence-corrected chi connectivity index (χ4v) is 6.69. The predicted molar refractivity (Wildman–Crippen MR) is 302 cm³/mol. The summed E-state index contributed by atoms with van der Waals surface area (Å²) < 4.78 is 16.7. The molecule has 0 spiro atoms. The normalized spacial score (nSPS) is 13.4. The molecule has 0 radical (unpaired) electrons. The largest absolute Gasteiger partial charge is 0.462 e. The second kappa shape index (κ2) is 56.6. The molecule has 0 amide bonds. The monoisotopic (exact) mass is 963 g/mol. The van der Waals surface area contributed by atoms with Crippen LogP contribution in [0.4, 0.5) is 0 Å². The van der Waals surface area contributed by atoms with Crippen molar-refractivity contribution in [2.75, 3.05) is 13.2 Å². The Kier molecular flexibility index (Phi) is 52.6. The molecular weight excluding hydrogens is 865 g/mol. The van der Waals surface area contributed by atoms with Crippen LogP contribution in [0.2, 0.25) is 0 Å². The van der Waals surface area contributed by atoms with Gasteiger partial charge in [0.15, 0.2) is 6.10 Å². The number of esters is 3. The van der Waals surface area contributed by atoms with Gasteiger partial charge in [-0.25, -0.2) is 0 Å². The third kappa shape index (κ3) is 54.0. The fraction of sp³-hybridized carbons (Fsp3) is 0.547. The van der Waals surface area contributed by atoms with Crippen LogP contribution < -0.4 is 0 Å². The van der Waals surface area contributed by atoms with Gasteiger partial charge in [-0.3, -0.25) is 14.4 Å². The highest BCUT2D eigenvalue weighted by molar-refractivity contribution is 5.71. The Morgan fingerprint density at radius 1 is 0.300 bits per heavy atom. The van der Waals surface area contributed by atoms with E-state index in [1.807, 2.05) is 0 Å². The zero-order chi connectivity index (χ0) is 50.7. The fourth-order valence-electron chi connectivity index (χ4n) is 6.69. The average molecular weight is 963 g/mol. The molecule has 0 saturated heterocycles. The zero-order valence-corrected chi connectivity index (χ0v) is 44.5. The van der Waals surface area contributed by atoms with Crippen molar-refractivity contribution >= 4 is 17.9 Å². The molecule has 0 bridgehead atoms. The summed E-state index contributed by atoms with van der Waals surface area (Å²) in [5.41, 5.74) is 0. The molecule has 70 heavy (non-hydrogen) atoms. The topological polar surface area (TPSA) is 78.9 Å². The van der Waals surface area contributed by atoms with Gasteiger partial charge < -0.3 is 14.2 Å². The van der Waals surface area contributed by atoms with Gasteiger partial charge in [0.05, 0.1) is 0 Å². The molecule has 0 heterocycles. The molecule has 0 fully saturated rings. The molecule has 0 aromatic carbocycles. The van der Waals surface area contributed by atoms with E-state index in [2.05, 4.69) is 179 Å². The Balaban J connectivity index is 4.58. The highest BCUT2D eigenvalue weighted by Crippen LogP contribution is 2.11. The maximum Gasteiger partial charge on any atom is 0.306 e. The molecule has 0 aliphatic carbocycles. The van der Waals surface area contributed by atoms with E-state index in [1.165, 1.54) is 32.1 Å². The molecule has 6 nitrogen and oxygen atoms in total. The second-order valence-corrected chi connectivity index (χ2v) is 17.4. The van der Waals surface area contributed by atoms with Gasteiger partial charge >= 0.3 is 17.9 Å². The summed E-state index contributed by atoms with van der Waals surface area (Å²) in [7, 11) is 0. The van der Waals surface area contributed by atoms with Crippen molar-refractivity contribution < 1.29 is 28.6 Å².